The number of aryl methyl sites for hydroxylation is 1. The van der Waals surface area contributed by atoms with E-state index < -0.39 is 9.84 Å². The summed E-state index contributed by atoms with van der Waals surface area (Å²) in [4.78, 5) is 6.73. The normalized spacial score (nSPS) is 18.4. The molecule has 1 saturated heterocycles. The van der Waals surface area contributed by atoms with Crippen molar-refractivity contribution in [1.29, 1.82) is 0 Å². The van der Waals surface area contributed by atoms with Crippen molar-refractivity contribution in [2.24, 2.45) is 0 Å². The molecular formula is C21H31N3O3S. The lowest BCUT2D eigenvalue weighted by molar-refractivity contribution is 0.0584. The summed E-state index contributed by atoms with van der Waals surface area (Å²) >= 11 is 0. The summed E-state index contributed by atoms with van der Waals surface area (Å²) < 4.78 is 32.5. The molecule has 3 rings (SSSR count). The fraction of sp³-hybridized carbons (Fsp3) is 0.571. The van der Waals surface area contributed by atoms with E-state index in [0.29, 0.717) is 25.7 Å². The van der Waals surface area contributed by atoms with Crippen LogP contribution in [0.25, 0.3) is 0 Å². The topological polar surface area (TPSA) is 64.4 Å². The summed E-state index contributed by atoms with van der Waals surface area (Å²) in [7, 11) is -1.63. The molecule has 0 bridgehead atoms. The molecule has 2 aromatic rings. The van der Waals surface area contributed by atoms with Gasteiger partial charge < -0.3 is 9.30 Å². The molecular weight excluding hydrogens is 374 g/mol. The Morgan fingerprint density at radius 2 is 2.00 bits per heavy atom. The van der Waals surface area contributed by atoms with Crippen molar-refractivity contribution in [2.45, 2.75) is 56.9 Å². The molecule has 6 nitrogen and oxygen atoms in total. The van der Waals surface area contributed by atoms with Gasteiger partial charge in [0.05, 0.1) is 24.3 Å². The summed E-state index contributed by atoms with van der Waals surface area (Å²) in [5, 5.41) is 0.196. The highest BCUT2D eigenvalue weighted by Gasteiger charge is 2.26. The highest BCUT2D eigenvalue weighted by molar-refractivity contribution is 7.91. The molecule has 1 aliphatic heterocycles. The zero-order chi connectivity index (χ0) is 20.0. The zero-order valence-electron chi connectivity index (χ0n) is 16.9. The third-order valence-corrected chi connectivity index (χ3v) is 7.14. The number of nitrogens with zero attached hydrogens (tertiary/aromatic N) is 3. The summed E-state index contributed by atoms with van der Waals surface area (Å²) in [6.07, 6.45) is 6.02. The average molecular weight is 406 g/mol. The maximum absolute atomic E-state index is 12.6. The van der Waals surface area contributed by atoms with Crippen LogP contribution in [-0.2, 0) is 34.1 Å². The van der Waals surface area contributed by atoms with E-state index in [1.165, 1.54) is 18.4 Å². The molecule has 1 atom stereocenters. The standard InChI is InChI=1S/C21H31N3O3S/c1-3-28(25,26)21-22-15-20(16-23-13-8-7-11-19(23)17-27-2)24(21)14-12-18-9-5-4-6-10-18/h4-6,9-10,15,19H,3,7-8,11-14,16-17H2,1-2H3. The van der Waals surface area contributed by atoms with Crippen LogP contribution < -0.4 is 0 Å². The van der Waals surface area contributed by atoms with Crippen molar-refractivity contribution in [3.63, 3.8) is 0 Å². The van der Waals surface area contributed by atoms with Crippen molar-refractivity contribution in [3.05, 3.63) is 47.8 Å². The molecule has 28 heavy (non-hydrogen) atoms. The average Bonchev–Trinajstić information content (AvgIpc) is 3.12. The highest BCUT2D eigenvalue weighted by atomic mass is 32.2. The Morgan fingerprint density at radius 1 is 1.21 bits per heavy atom. The van der Waals surface area contributed by atoms with Gasteiger partial charge in [0.25, 0.3) is 0 Å². The van der Waals surface area contributed by atoms with Gasteiger partial charge in [-0.25, -0.2) is 13.4 Å². The van der Waals surface area contributed by atoms with Crippen LogP contribution in [-0.4, -0.2) is 54.9 Å². The van der Waals surface area contributed by atoms with Gasteiger partial charge in [-0.15, -0.1) is 0 Å². The van der Waals surface area contributed by atoms with E-state index in [9.17, 15) is 8.42 Å². The lowest BCUT2D eigenvalue weighted by atomic mass is 10.0. The Hall–Kier alpha value is -1.70. The molecule has 0 amide bonds. The maximum Gasteiger partial charge on any atom is 0.227 e. The molecule has 1 aliphatic rings. The van der Waals surface area contributed by atoms with E-state index in [-0.39, 0.29) is 10.9 Å². The van der Waals surface area contributed by atoms with Crippen LogP contribution >= 0.6 is 0 Å². The Morgan fingerprint density at radius 3 is 2.71 bits per heavy atom. The van der Waals surface area contributed by atoms with Crippen LogP contribution in [0.5, 0.6) is 0 Å². The summed E-state index contributed by atoms with van der Waals surface area (Å²) in [5.74, 6) is 0.0603. The number of hydrogen-bond acceptors (Lipinski definition) is 5. The number of hydrogen-bond donors (Lipinski definition) is 0. The van der Waals surface area contributed by atoms with Gasteiger partial charge in [0.2, 0.25) is 15.0 Å². The first-order valence-corrected chi connectivity index (χ1v) is 11.7. The van der Waals surface area contributed by atoms with Gasteiger partial charge in [0, 0.05) is 26.2 Å². The number of ether oxygens (including phenoxy) is 1. The van der Waals surface area contributed by atoms with E-state index in [0.717, 1.165) is 25.1 Å². The van der Waals surface area contributed by atoms with Crippen molar-refractivity contribution in [1.82, 2.24) is 14.5 Å². The minimum Gasteiger partial charge on any atom is -0.383 e. The number of piperidine rings is 1. The van der Waals surface area contributed by atoms with Gasteiger partial charge in [0.15, 0.2) is 0 Å². The van der Waals surface area contributed by atoms with E-state index in [1.807, 2.05) is 22.8 Å². The summed E-state index contributed by atoms with van der Waals surface area (Å²) in [6, 6.07) is 10.5. The van der Waals surface area contributed by atoms with Gasteiger partial charge in [-0.2, -0.15) is 0 Å². The van der Waals surface area contributed by atoms with Crippen LogP contribution in [0.3, 0.4) is 0 Å². The summed E-state index contributed by atoms with van der Waals surface area (Å²) in [5.41, 5.74) is 2.16. The van der Waals surface area contributed by atoms with Crippen molar-refractivity contribution in [2.75, 3.05) is 26.0 Å². The molecule has 1 unspecified atom stereocenters. The largest absolute Gasteiger partial charge is 0.383 e. The molecule has 154 valence electrons. The number of sulfone groups is 1. The number of rotatable bonds is 9. The number of imidazole rings is 1. The van der Waals surface area contributed by atoms with Gasteiger partial charge in [-0.1, -0.05) is 43.7 Å². The Bertz CT molecular complexity index is 847. The third kappa shape index (κ3) is 5.01. The molecule has 0 saturated carbocycles. The van der Waals surface area contributed by atoms with Gasteiger partial charge >= 0.3 is 0 Å². The minimum atomic E-state index is -3.37. The monoisotopic (exact) mass is 405 g/mol. The first kappa shape index (κ1) is 21.0. The zero-order valence-corrected chi connectivity index (χ0v) is 17.7. The first-order chi connectivity index (χ1) is 13.5. The van der Waals surface area contributed by atoms with Crippen LogP contribution in [0.15, 0.2) is 41.7 Å². The van der Waals surface area contributed by atoms with Crippen LogP contribution in [0.2, 0.25) is 0 Å². The first-order valence-electron chi connectivity index (χ1n) is 10.1. The Kier molecular flexibility index (Phi) is 7.26. The summed E-state index contributed by atoms with van der Waals surface area (Å²) in [6.45, 7) is 4.70. The fourth-order valence-electron chi connectivity index (χ4n) is 3.88. The second kappa shape index (κ2) is 9.67. The van der Waals surface area contributed by atoms with Crippen LogP contribution in [0.4, 0.5) is 0 Å². The Labute approximate surface area is 168 Å². The quantitative estimate of drug-likeness (QED) is 0.642. The van der Waals surface area contributed by atoms with Gasteiger partial charge in [-0.3, -0.25) is 4.90 Å². The maximum atomic E-state index is 12.6. The molecule has 1 aromatic carbocycles. The van der Waals surface area contributed by atoms with Crippen molar-refractivity contribution >= 4 is 9.84 Å². The highest BCUT2D eigenvalue weighted by Crippen LogP contribution is 2.22. The lowest BCUT2D eigenvalue weighted by Gasteiger charge is -2.35. The number of methoxy groups -OCH3 is 1. The predicted molar refractivity (Wildman–Crippen MR) is 110 cm³/mol. The molecule has 0 N–H and O–H groups in total. The van der Waals surface area contributed by atoms with Crippen molar-refractivity contribution < 1.29 is 13.2 Å². The molecule has 1 fully saturated rings. The fourth-order valence-corrected chi connectivity index (χ4v) is 4.89. The lowest BCUT2D eigenvalue weighted by Crippen LogP contribution is -2.42. The number of likely N-dealkylation sites (tertiary alicyclic amines) is 1. The minimum absolute atomic E-state index is 0.0603. The van der Waals surface area contributed by atoms with Gasteiger partial charge in [-0.05, 0) is 31.4 Å². The van der Waals surface area contributed by atoms with Crippen LogP contribution in [0.1, 0.15) is 37.4 Å². The second-order valence-corrected chi connectivity index (χ2v) is 9.57. The van der Waals surface area contributed by atoms with Gasteiger partial charge in [0.1, 0.15) is 0 Å². The number of aromatic nitrogens is 2. The molecule has 2 heterocycles. The Balaban J connectivity index is 1.85. The molecule has 7 heteroatoms. The van der Waals surface area contributed by atoms with Crippen LogP contribution in [0, 0.1) is 0 Å². The predicted octanol–water partition coefficient (Wildman–Crippen LogP) is 2.92. The van der Waals surface area contributed by atoms with E-state index in [1.54, 1.807) is 20.2 Å². The van der Waals surface area contributed by atoms with E-state index >= 15 is 0 Å². The third-order valence-electron chi connectivity index (χ3n) is 5.50. The molecule has 0 radical (unpaired) electrons. The smallest absolute Gasteiger partial charge is 0.227 e. The van der Waals surface area contributed by atoms with E-state index in [2.05, 4.69) is 22.0 Å². The SMILES string of the molecule is CCS(=O)(=O)c1ncc(CN2CCCCC2COC)n1CCc1ccccc1. The molecule has 1 aromatic heterocycles. The van der Waals surface area contributed by atoms with E-state index in [4.69, 9.17) is 4.74 Å². The number of benzene rings is 1. The molecule has 0 spiro atoms. The second-order valence-electron chi connectivity index (χ2n) is 7.40. The van der Waals surface area contributed by atoms with Crippen molar-refractivity contribution in [3.8, 4) is 0 Å². The molecule has 0 aliphatic carbocycles.